The van der Waals surface area contributed by atoms with Crippen molar-refractivity contribution in [2.45, 2.75) is 139 Å². The van der Waals surface area contributed by atoms with Crippen molar-refractivity contribution in [2.24, 2.45) is 28.9 Å². The molecule has 0 fully saturated rings. The highest BCUT2D eigenvalue weighted by Crippen LogP contribution is 2.11. The standard InChI is InChI=1S/C48H75N15O15S/c1-24(2)38(47(76)60-32(17-26-9-5-4-6-10-26)44(73)58-31(48(77)78)13-15-37(52)67)63-39(68)25(3)55-43(72)33(18-27-19-53-23-54-27)59-42(71)30(12-14-36(51)66)57-41(70)29(11-7-8-16-49)56-45(74)34(21-65)61-46(75)35(22-79)62-40(69)28(50)20-64/h4-6,9-10,19,23-25,28-35,38,64-65,79H,7-8,11-18,20-22,49-50H2,1-3H3,(H2,51,66)(H2,52,67)(H,53,54)(H,55,72)(H,56,74)(H,57,70)(H,58,73)(H,59,71)(H,60,76)(H,61,75)(H,62,69)(H,63,68)(H,77,78)/t25-,28-,29-,30-,31-,32-,33-,34-,35-,38-/m0/s1. The number of primary amides is 2. The summed E-state index contributed by atoms with van der Waals surface area (Å²) in [7, 11) is 0. The maximum absolute atomic E-state index is 14.1. The zero-order valence-corrected chi connectivity index (χ0v) is 44.9. The molecule has 1 aromatic heterocycles. The molecular weight excluding hydrogens is 1060 g/mol. The first-order valence-electron chi connectivity index (χ1n) is 25.2. The smallest absolute Gasteiger partial charge is 0.326 e. The van der Waals surface area contributed by atoms with Crippen LogP contribution in [0, 0.1) is 5.92 Å². The van der Waals surface area contributed by atoms with Crippen molar-refractivity contribution < 1.29 is 72.9 Å². The van der Waals surface area contributed by atoms with Crippen LogP contribution in [-0.4, -0.2) is 182 Å². The normalized spacial score (nSPS) is 14.8. The number of amides is 11. The molecule has 1 heterocycles. The van der Waals surface area contributed by atoms with Crippen molar-refractivity contribution in [2.75, 3.05) is 25.5 Å². The molecule has 0 aliphatic rings. The van der Waals surface area contributed by atoms with E-state index in [0.717, 1.165) is 0 Å². The van der Waals surface area contributed by atoms with Gasteiger partial charge in [-0.2, -0.15) is 12.6 Å². The number of aromatic amines is 1. The van der Waals surface area contributed by atoms with E-state index in [1.807, 2.05) is 0 Å². The Morgan fingerprint density at radius 2 is 1.05 bits per heavy atom. The summed E-state index contributed by atoms with van der Waals surface area (Å²) in [6.07, 6.45) is 1.18. The van der Waals surface area contributed by atoms with E-state index in [4.69, 9.17) is 22.9 Å². The Labute approximate surface area is 460 Å². The molecule has 0 aliphatic carbocycles. The number of hydrogen-bond acceptors (Lipinski definition) is 18. The molecule has 31 heteroatoms. The lowest BCUT2D eigenvalue weighted by molar-refractivity contribution is -0.142. The molecule has 79 heavy (non-hydrogen) atoms. The number of benzene rings is 1. The molecule has 2 aromatic rings. The second-order valence-corrected chi connectivity index (χ2v) is 19.0. The van der Waals surface area contributed by atoms with Crippen molar-refractivity contribution in [3.05, 3.63) is 54.1 Å². The third-order valence-corrected chi connectivity index (χ3v) is 12.2. The molecule has 0 aliphatic heterocycles. The maximum atomic E-state index is 14.1. The van der Waals surface area contributed by atoms with E-state index in [9.17, 15) is 72.9 Å². The first kappa shape index (κ1) is 67.4. The summed E-state index contributed by atoms with van der Waals surface area (Å²) in [5.41, 5.74) is 22.6. The summed E-state index contributed by atoms with van der Waals surface area (Å²) in [6.45, 7) is 2.88. The fourth-order valence-electron chi connectivity index (χ4n) is 7.31. The number of aliphatic hydroxyl groups is 2. The first-order chi connectivity index (χ1) is 37.3. The van der Waals surface area contributed by atoms with Crippen LogP contribution in [-0.2, 0) is 70.4 Å². The SMILES string of the molecule is CC(C)[C@H](NC(=O)[C@H](C)NC(=O)[C@H](Cc1c[nH]cn1)NC(=O)[C@H](CCC(N)=O)NC(=O)[C@H](CCCCN)NC(=O)[C@H](CO)NC(=O)[C@H](CS)NC(=O)[C@@H](N)CO)C(=O)N[C@@H](Cc1ccccc1)C(=O)N[C@@H](CCC(N)=O)C(=O)O. The van der Waals surface area contributed by atoms with Crippen LogP contribution in [0.25, 0.3) is 0 Å². The summed E-state index contributed by atoms with van der Waals surface area (Å²) in [5, 5.41) is 50.8. The highest BCUT2D eigenvalue weighted by atomic mass is 32.1. The van der Waals surface area contributed by atoms with Gasteiger partial charge in [-0.25, -0.2) is 9.78 Å². The summed E-state index contributed by atoms with van der Waals surface area (Å²) >= 11 is 4.03. The molecule has 438 valence electrons. The van der Waals surface area contributed by atoms with Gasteiger partial charge in [0.25, 0.3) is 0 Å². The van der Waals surface area contributed by atoms with Crippen LogP contribution in [0.4, 0.5) is 0 Å². The maximum Gasteiger partial charge on any atom is 0.326 e. The zero-order valence-electron chi connectivity index (χ0n) is 44.0. The largest absolute Gasteiger partial charge is 0.480 e. The third kappa shape index (κ3) is 24.2. The van der Waals surface area contributed by atoms with Crippen LogP contribution < -0.4 is 70.8 Å². The van der Waals surface area contributed by atoms with Gasteiger partial charge >= 0.3 is 5.97 Å². The number of unbranched alkanes of at least 4 members (excludes halogenated alkanes) is 1. The monoisotopic (exact) mass is 1130 g/mol. The molecule has 0 radical (unpaired) electrons. The van der Waals surface area contributed by atoms with Crippen LogP contribution in [0.2, 0.25) is 0 Å². The molecular formula is C48H75N15O15S. The molecule has 0 unspecified atom stereocenters. The van der Waals surface area contributed by atoms with E-state index in [1.54, 1.807) is 44.2 Å². The quantitative estimate of drug-likeness (QED) is 0.0221. The van der Waals surface area contributed by atoms with Gasteiger partial charge in [-0.3, -0.25) is 52.7 Å². The minimum Gasteiger partial charge on any atom is -0.480 e. The van der Waals surface area contributed by atoms with E-state index in [-0.39, 0.29) is 56.5 Å². The average molecular weight is 1130 g/mol. The number of carbonyl (C=O) groups is 12. The molecule has 30 nitrogen and oxygen atoms in total. The number of thiol groups is 1. The van der Waals surface area contributed by atoms with Gasteiger partial charge in [0.05, 0.1) is 25.2 Å². The number of carbonyl (C=O) groups excluding carboxylic acids is 11. The number of nitrogens with zero attached hydrogens (tertiary/aromatic N) is 1. The fraction of sp³-hybridized carbons (Fsp3) is 0.562. The minimum absolute atomic E-state index is 0.0979. The molecule has 0 spiro atoms. The van der Waals surface area contributed by atoms with E-state index < -0.39 is 163 Å². The van der Waals surface area contributed by atoms with Gasteiger partial charge in [0.15, 0.2) is 0 Å². The Morgan fingerprint density at radius 3 is 1.57 bits per heavy atom. The van der Waals surface area contributed by atoms with Gasteiger partial charge in [0.1, 0.15) is 60.4 Å². The Morgan fingerprint density at radius 1 is 0.570 bits per heavy atom. The van der Waals surface area contributed by atoms with E-state index in [1.165, 1.54) is 19.4 Å². The molecule has 2 rings (SSSR count). The lowest BCUT2D eigenvalue weighted by Gasteiger charge is -2.28. The Hall–Kier alpha value is -7.74. The predicted octanol–water partition coefficient (Wildman–Crippen LogP) is -6.78. The van der Waals surface area contributed by atoms with Crippen molar-refractivity contribution in [1.82, 2.24) is 57.8 Å². The number of hydrogen-bond donors (Lipinski definition) is 18. The van der Waals surface area contributed by atoms with E-state index in [0.29, 0.717) is 12.0 Å². The summed E-state index contributed by atoms with van der Waals surface area (Å²) in [6, 6.07) is -6.38. The lowest BCUT2D eigenvalue weighted by Crippen LogP contribution is -2.61. The number of H-pyrrole nitrogens is 1. The zero-order chi connectivity index (χ0) is 59.4. The summed E-state index contributed by atoms with van der Waals surface area (Å²) < 4.78 is 0. The number of nitrogens with two attached hydrogens (primary N) is 4. The molecule has 0 bridgehead atoms. The van der Waals surface area contributed by atoms with Crippen LogP contribution in [0.1, 0.15) is 77.0 Å². The third-order valence-electron chi connectivity index (χ3n) is 11.9. The second kappa shape index (κ2) is 34.9. The summed E-state index contributed by atoms with van der Waals surface area (Å²) in [4.78, 5) is 164. The van der Waals surface area contributed by atoms with E-state index >= 15 is 0 Å². The minimum atomic E-state index is -1.70. The number of nitrogens with one attached hydrogen (secondary N) is 10. The van der Waals surface area contributed by atoms with Crippen LogP contribution in [0.5, 0.6) is 0 Å². The Kier molecular flexibility index (Phi) is 29.8. The average Bonchev–Trinajstić information content (AvgIpc) is 3.93. The Bertz CT molecular complexity index is 2380. The predicted molar refractivity (Wildman–Crippen MR) is 284 cm³/mol. The van der Waals surface area contributed by atoms with Crippen molar-refractivity contribution in [3.8, 4) is 0 Å². The lowest BCUT2D eigenvalue weighted by atomic mass is 10.00. The van der Waals surface area contributed by atoms with Gasteiger partial charge in [-0.15, -0.1) is 0 Å². The molecule has 0 saturated heterocycles. The van der Waals surface area contributed by atoms with Crippen LogP contribution in [0.3, 0.4) is 0 Å². The van der Waals surface area contributed by atoms with Gasteiger partial charge in [0.2, 0.25) is 65.0 Å². The summed E-state index contributed by atoms with van der Waals surface area (Å²) in [5.74, 6) is -12.7. The highest BCUT2D eigenvalue weighted by Gasteiger charge is 2.36. The van der Waals surface area contributed by atoms with Crippen LogP contribution >= 0.6 is 12.6 Å². The van der Waals surface area contributed by atoms with Crippen molar-refractivity contribution in [3.63, 3.8) is 0 Å². The van der Waals surface area contributed by atoms with Gasteiger partial charge < -0.3 is 91.1 Å². The van der Waals surface area contributed by atoms with Gasteiger partial charge in [0, 0.05) is 37.6 Å². The van der Waals surface area contributed by atoms with E-state index in [2.05, 4.69) is 70.4 Å². The first-order valence-corrected chi connectivity index (χ1v) is 25.8. The number of carboxylic acids is 1. The van der Waals surface area contributed by atoms with Gasteiger partial charge in [-0.1, -0.05) is 44.2 Å². The second-order valence-electron chi connectivity index (χ2n) is 18.6. The number of imidazole rings is 1. The highest BCUT2D eigenvalue weighted by molar-refractivity contribution is 7.80. The van der Waals surface area contributed by atoms with Crippen LogP contribution in [0.15, 0.2) is 42.9 Å². The van der Waals surface area contributed by atoms with Gasteiger partial charge in [-0.05, 0) is 57.1 Å². The number of aliphatic hydroxyl groups excluding tert-OH is 2. The fourth-order valence-corrected chi connectivity index (χ4v) is 7.56. The Balaban J connectivity index is 2.36. The molecule has 21 N–H and O–H groups in total. The molecule has 1 aromatic carbocycles. The molecule has 10 atom stereocenters. The number of rotatable bonds is 37. The number of aromatic nitrogens is 2. The number of aliphatic carboxylic acids is 1. The van der Waals surface area contributed by atoms with Crippen molar-refractivity contribution in [1.29, 1.82) is 0 Å². The topological polar surface area (TPSA) is 507 Å². The molecule has 11 amide bonds. The number of carboxylic acid groups (broad SMARTS) is 1. The molecule has 0 saturated carbocycles. The van der Waals surface area contributed by atoms with Crippen molar-refractivity contribution >= 4 is 83.6 Å².